The molecule has 0 saturated carbocycles. The van der Waals surface area contributed by atoms with Crippen molar-refractivity contribution in [3.05, 3.63) is 66.0 Å². The molecule has 4 rings (SSSR count). The summed E-state index contributed by atoms with van der Waals surface area (Å²) in [7, 11) is 1.73. The number of hydrogen-bond acceptors (Lipinski definition) is 3. The van der Waals surface area contributed by atoms with E-state index in [2.05, 4.69) is 30.8 Å². The number of pyridine rings is 1. The minimum atomic E-state index is -0.236. The summed E-state index contributed by atoms with van der Waals surface area (Å²) in [5.41, 5.74) is 2.76. The van der Waals surface area contributed by atoms with Gasteiger partial charge in [0, 0.05) is 36.9 Å². The third-order valence-electron chi connectivity index (χ3n) is 4.44. The molecule has 0 amide bonds. The first-order valence-corrected chi connectivity index (χ1v) is 8.73. The number of rotatable bonds is 5. The van der Waals surface area contributed by atoms with Crippen LogP contribution in [0.15, 0.2) is 53.8 Å². The van der Waals surface area contributed by atoms with Gasteiger partial charge in [-0.1, -0.05) is 6.07 Å². The Morgan fingerprint density at radius 1 is 1.21 bits per heavy atom. The average Bonchev–Trinajstić information content (AvgIpc) is 3.28. The van der Waals surface area contributed by atoms with Gasteiger partial charge in [0.1, 0.15) is 5.82 Å². The SMILES string of the molecule is CN=C(NCCc1c[nH]c2cc(F)ccc12)NCc1nnc2ccccn12.I. The number of benzene rings is 1. The zero-order valence-corrected chi connectivity index (χ0v) is 17.6. The number of nitrogens with zero attached hydrogens (tertiary/aromatic N) is 4. The average molecular weight is 493 g/mol. The van der Waals surface area contributed by atoms with Crippen molar-refractivity contribution >= 4 is 46.5 Å². The molecule has 0 aliphatic rings. The Balaban J connectivity index is 0.00000225. The molecule has 0 saturated heterocycles. The van der Waals surface area contributed by atoms with Crippen molar-refractivity contribution in [2.45, 2.75) is 13.0 Å². The van der Waals surface area contributed by atoms with E-state index >= 15 is 0 Å². The van der Waals surface area contributed by atoms with E-state index in [-0.39, 0.29) is 29.8 Å². The van der Waals surface area contributed by atoms with E-state index in [1.807, 2.05) is 35.0 Å². The standard InChI is InChI=1S/C19H20FN7.HI/c1-21-19(24-12-18-26-25-17-4-2-3-9-27(17)18)22-8-7-13-11-23-16-10-14(20)5-6-15(13)16;/h2-6,9-11,23H,7-8,12H2,1H3,(H2,21,22,24);1H. The lowest BCUT2D eigenvalue weighted by Gasteiger charge is -2.11. The van der Waals surface area contributed by atoms with Crippen LogP contribution in [0.2, 0.25) is 0 Å². The highest BCUT2D eigenvalue weighted by molar-refractivity contribution is 14.0. The Morgan fingerprint density at radius 2 is 2.11 bits per heavy atom. The number of aliphatic imine (C=N–C) groups is 1. The molecule has 0 fully saturated rings. The maximum atomic E-state index is 13.3. The van der Waals surface area contributed by atoms with Crippen LogP contribution in [0.1, 0.15) is 11.4 Å². The van der Waals surface area contributed by atoms with Crippen LogP contribution in [0, 0.1) is 5.82 Å². The van der Waals surface area contributed by atoms with Gasteiger partial charge in [-0.3, -0.25) is 9.39 Å². The first kappa shape index (κ1) is 20.1. The van der Waals surface area contributed by atoms with Gasteiger partial charge in [-0.25, -0.2) is 4.39 Å². The summed E-state index contributed by atoms with van der Waals surface area (Å²) < 4.78 is 15.2. The zero-order chi connectivity index (χ0) is 18.6. The fourth-order valence-electron chi connectivity index (χ4n) is 3.08. The third kappa shape index (κ3) is 4.24. The van der Waals surface area contributed by atoms with E-state index in [1.54, 1.807) is 13.1 Å². The van der Waals surface area contributed by atoms with Crippen LogP contribution in [-0.4, -0.2) is 39.1 Å². The molecule has 7 nitrogen and oxygen atoms in total. The molecule has 0 bridgehead atoms. The topological polar surface area (TPSA) is 82.4 Å². The highest BCUT2D eigenvalue weighted by Crippen LogP contribution is 2.19. The van der Waals surface area contributed by atoms with E-state index in [4.69, 9.17) is 0 Å². The number of nitrogens with one attached hydrogen (secondary N) is 3. The van der Waals surface area contributed by atoms with Crippen LogP contribution < -0.4 is 10.6 Å². The smallest absolute Gasteiger partial charge is 0.191 e. The summed E-state index contributed by atoms with van der Waals surface area (Å²) >= 11 is 0. The Morgan fingerprint density at radius 3 is 2.96 bits per heavy atom. The lowest BCUT2D eigenvalue weighted by Crippen LogP contribution is -2.38. The van der Waals surface area contributed by atoms with Crippen molar-refractivity contribution in [1.82, 2.24) is 30.2 Å². The van der Waals surface area contributed by atoms with Crippen LogP contribution >= 0.6 is 24.0 Å². The highest BCUT2D eigenvalue weighted by atomic mass is 127. The summed E-state index contributed by atoms with van der Waals surface area (Å²) in [6, 6.07) is 10.6. The first-order chi connectivity index (χ1) is 13.2. The minimum absolute atomic E-state index is 0. The third-order valence-corrected chi connectivity index (χ3v) is 4.44. The molecular formula is C19H21FIN7. The maximum absolute atomic E-state index is 13.3. The number of guanidine groups is 1. The molecule has 1 aromatic carbocycles. The van der Waals surface area contributed by atoms with E-state index in [0.717, 1.165) is 34.4 Å². The summed E-state index contributed by atoms with van der Waals surface area (Å²) in [6.07, 6.45) is 4.65. The lowest BCUT2D eigenvalue weighted by atomic mass is 10.1. The summed E-state index contributed by atoms with van der Waals surface area (Å²) in [6.45, 7) is 1.21. The van der Waals surface area contributed by atoms with Gasteiger partial charge in [-0.2, -0.15) is 0 Å². The minimum Gasteiger partial charge on any atom is -0.361 e. The molecule has 9 heteroatoms. The van der Waals surface area contributed by atoms with Gasteiger partial charge in [0.05, 0.1) is 6.54 Å². The van der Waals surface area contributed by atoms with Crippen molar-refractivity contribution in [3.8, 4) is 0 Å². The predicted octanol–water partition coefficient (Wildman–Crippen LogP) is 2.88. The van der Waals surface area contributed by atoms with E-state index in [0.29, 0.717) is 19.0 Å². The number of fused-ring (bicyclic) bond motifs is 2. The van der Waals surface area contributed by atoms with E-state index < -0.39 is 0 Å². The van der Waals surface area contributed by atoms with Gasteiger partial charge < -0.3 is 15.6 Å². The fraction of sp³-hybridized carbons (Fsp3) is 0.211. The fourth-order valence-corrected chi connectivity index (χ4v) is 3.08. The largest absolute Gasteiger partial charge is 0.361 e. The van der Waals surface area contributed by atoms with E-state index in [9.17, 15) is 4.39 Å². The van der Waals surface area contributed by atoms with Gasteiger partial charge in [-0.05, 0) is 42.3 Å². The second-order valence-corrected chi connectivity index (χ2v) is 6.15. The number of aromatic amines is 1. The first-order valence-electron chi connectivity index (χ1n) is 8.73. The summed E-state index contributed by atoms with van der Waals surface area (Å²) in [4.78, 5) is 7.35. The molecule has 0 aliphatic heterocycles. The molecule has 4 aromatic rings. The molecule has 0 atom stereocenters. The molecule has 0 spiro atoms. The van der Waals surface area contributed by atoms with Crippen molar-refractivity contribution in [1.29, 1.82) is 0 Å². The van der Waals surface area contributed by atoms with Gasteiger partial charge in [-0.15, -0.1) is 34.2 Å². The maximum Gasteiger partial charge on any atom is 0.191 e. The molecule has 3 aromatic heterocycles. The molecule has 0 radical (unpaired) electrons. The Kier molecular flexibility index (Phi) is 6.45. The number of halogens is 2. The van der Waals surface area contributed by atoms with Gasteiger partial charge in [0.2, 0.25) is 0 Å². The van der Waals surface area contributed by atoms with Crippen LogP contribution in [0.3, 0.4) is 0 Å². The monoisotopic (exact) mass is 493 g/mol. The predicted molar refractivity (Wildman–Crippen MR) is 119 cm³/mol. The molecule has 3 N–H and O–H groups in total. The molecular weight excluding hydrogens is 472 g/mol. The van der Waals surface area contributed by atoms with Gasteiger partial charge in [0.25, 0.3) is 0 Å². The molecule has 0 unspecified atom stereocenters. The Labute approximate surface area is 178 Å². The van der Waals surface area contributed by atoms with Gasteiger partial charge in [0.15, 0.2) is 17.4 Å². The van der Waals surface area contributed by atoms with Gasteiger partial charge >= 0.3 is 0 Å². The molecule has 3 heterocycles. The Hall–Kier alpha value is -2.69. The van der Waals surface area contributed by atoms with Crippen molar-refractivity contribution in [3.63, 3.8) is 0 Å². The van der Waals surface area contributed by atoms with Crippen LogP contribution in [0.25, 0.3) is 16.6 Å². The van der Waals surface area contributed by atoms with E-state index in [1.165, 1.54) is 12.1 Å². The Bertz CT molecular complexity index is 1100. The zero-order valence-electron chi connectivity index (χ0n) is 15.3. The number of aromatic nitrogens is 4. The van der Waals surface area contributed by atoms with Crippen LogP contribution in [0.4, 0.5) is 4.39 Å². The van der Waals surface area contributed by atoms with Crippen LogP contribution in [-0.2, 0) is 13.0 Å². The van der Waals surface area contributed by atoms with Crippen LogP contribution in [0.5, 0.6) is 0 Å². The number of H-pyrrole nitrogens is 1. The normalized spacial score (nSPS) is 11.6. The van der Waals surface area contributed by atoms with Crippen molar-refractivity contribution in [2.24, 2.45) is 4.99 Å². The second kappa shape index (κ2) is 9.00. The number of hydrogen-bond donors (Lipinski definition) is 3. The van der Waals surface area contributed by atoms with Crippen molar-refractivity contribution < 1.29 is 4.39 Å². The molecule has 28 heavy (non-hydrogen) atoms. The summed E-state index contributed by atoms with van der Waals surface area (Å²) in [5.74, 6) is 1.26. The highest BCUT2D eigenvalue weighted by Gasteiger charge is 2.07. The summed E-state index contributed by atoms with van der Waals surface area (Å²) in [5, 5.41) is 15.9. The second-order valence-electron chi connectivity index (χ2n) is 6.15. The lowest BCUT2D eigenvalue weighted by molar-refractivity contribution is 0.629. The quantitative estimate of drug-likeness (QED) is 0.227. The van der Waals surface area contributed by atoms with Crippen molar-refractivity contribution in [2.75, 3.05) is 13.6 Å². The molecule has 0 aliphatic carbocycles. The molecule has 146 valence electrons.